The zero-order valence-corrected chi connectivity index (χ0v) is 13.0. The van der Waals surface area contributed by atoms with Crippen LogP contribution in [0, 0.1) is 10.5 Å². The SMILES string of the molecule is Cc1cccc(C(=O)N(C)CC2CCCN2)c1I. The number of likely N-dealkylation sites (N-methyl/N-ethyl adjacent to an activating group) is 1. The molecule has 0 aliphatic carbocycles. The van der Waals surface area contributed by atoms with Crippen molar-refractivity contribution in [1.82, 2.24) is 10.2 Å². The van der Waals surface area contributed by atoms with Gasteiger partial charge in [-0.25, -0.2) is 0 Å². The fourth-order valence-corrected chi connectivity index (χ4v) is 2.93. The van der Waals surface area contributed by atoms with Crippen LogP contribution in [0.2, 0.25) is 0 Å². The Kier molecular flexibility index (Phi) is 4.61. The first-order chi connectivity index (χ1) is 8.59. The molecule has 1 heterocycles. The van der Waals surface area contributed by atoms with Gasteiger partial charge in [-0.15, -0.1) is 0 Å². The van der Waals surface area contributed by atoms with E-state index >= 15 is 0 Å². The third-order valence-corrected chi connectivity index (χ3v) is 4.86. The highest BCUT2D eigenvalue weighted by molar-refractivity contribution is 14.1. The third kappa shape index (κ3) is 3.03. The van der Waals surface area contributed by atoms with Crippen molar-refractivity contribution in [3.63, 3.8) is 0 Å². The standard InChI is InChI=1S/C14H19IN2O/c1-10-5-3-7-12(13(10)15)14(18)17(2)9-11-6-4-8-16-11/h3,5,7,11,16H,4,6,8-9H2,1-2H3. The van der Waals surface area contributed by atoms with E-state index in [9.17, 15) is 4.79 Å². The summed E-state index contributed by atoms with van der Waals surface area (Å²) in [5, 5.41) is 3.42. The Balaban J connectivity index is 2.07. The van der Waals surface area contributed by atoms with Crippen molar-refractivity contribution in [2.24, 2.45) is 0 Å². The highest BCUT2D eigenvalue weighted by Crippen LogP contribution is 2.18. The summed E-state index contributed by atoms with van der Waals surface area (Å²) in [6.45, 7) is 3.91. The lowest BCUT2D eigenvalue weighted by atomic mass is 10.1. The van der Waals surface area contributed by atoms with E-state index in [0.29, 0.717) is 6.04 Å². The summed E-state index contributed by atoms with van der Waals surface area (Å²) in [6.07, 6.45) is 2.39. The number of nitrogens with one attached hydrogen (secondary N) is 1. The van der Waals surface area contributed by atoms with Crippen molar-refractivity contribution in [3.8, 4) is 0 Å². The van der Waals surface area contributed by atoms with Crippen LogP contribution in [-0.4, -0.2) is 37.0 Å². The Bertz CT molecular complexity index is 441. The highest BCUT2D eigenvalue weighted by atomic mass is 127. The van der Waals surface area contributed by atoms with Crippen LogP contribution < -0.4 is 5.32 Å². The summed E-state index contributed by atoms with van der Waals surface area (Å²) in [5.41, 5.74) is 1.98. The average Bonchev–Trinajstić information content (AvgIpc) is 2.84. The largest absolute Gasteiger partial charge is 0.340 e. The molecule has 1 aliphatic heterocycles. The van der Waals surface area contributed by atoms with Gasteiger partial charge in [-0.05, 0) is 60.5 Å². The molecule has 1 atom stereocenters. The van der Waals surface area contributed by atoms with Gasteiger partial charge in [-0.2, -0.15) is 0 Å². The minimum absolute atomic E-state index is 0.122. The van der Waals surface area contributed by atoms with E-state index in [0.717, 1.165) is 27.8 Å². The van der Waals surface area contributed by atoms with Crippen molar-refractivity contribution in [1.29, 1.82) is 0 Å². The molecule has 1 N–H and O–H groups in total. The third-order valence-electron chi connectivity index (χ3n) is 3.43. The molecule has 98 valence electrons. The number of aryl methyl sites for hydroxylation is 1. The minimum atomic E-state index is 0.122. The molecule has 3 nitrogen and oxygen atoms in total. The van der Waals surface area contributed by atoms with Crippen molar-refractivity contribution in [2.45, 2.75) is 25.8 Å². The number of amides is 1. The van der Waals surface area contributed by atoms with Crippen molar-refractivity contribution in [3.05, 3.63) is 32.9 Å². The Morgan fingerprint density at radius 1 is 1.56 bits per heavy atom. The number of nitrogens with zero attached hydrogens (tertiary/aromatic N) is 1. The summed E-state index contributed by atoms with van der Waals surface area (Å²) < 4.78 is 1.06. The molecule has 0 radical (unpaired) electrons. The molecule has 1 saturated heterocycles. The maximum Gasteiger partial charge on any atom is 0.254 e. The highest BCUT2D eigenvalue weighted by Gasteiger charge is 2.21. The number of carbonyl (C=O) groups is 1. The first-order valence-electron chi connectivity index (χ1n) is 6.33. The van der Waals surface area contributed by atoms with Crippen LogP contribution >= 0.6 is 22.6 Å². The molecule has 0 saturated carbocycles. The Hall–Kier alpha value is -0.620. The Morgan fingerprint density at radius 2 is 2.33 bits per heavy atom. The van der Waals surface area contributed by atoms with Gasteiger partial charge >= 0.3 is 0 Å². The summed E-state index contributed by atoms with van der Waals surface area (Å²) >= 11 is 2.25. The van der Waals surface area contributed by atoms with Gasteiger partial charge in [0.05, 0.1) is 5.56 Å². The van der Waals surface area contributed by atoms with Crippen LogP contribution in [0.15, 0.2) is 18.2 Å². The van der Waals surface area contributed by atoms with Crippen molar-refractivity contribution in [2.75, 3.05) is 20.1 Å². The summed E-state index contributed by atoms with van der Waals surface area (Å²) in [7, 11) is 1.89. The van der Waals surface area contributed by atoms with Gasteiger partial charge in [0.1, 0.15) is 0 Å². The summed E-state index contributed by atoms with van der Waals surface area (Å²) in [4.78, 5) is 14.2. The van der Waals surface area contributed by atoms with Crippen LogP contribution in [0.25, 0.3) is 0 Å². The summed E-state index contributed by atoms with van der Waals surface area (Å²) in [5.74, 6) is 0.122. The van der Waals surface area contributed by atoms with Crippen LogP contribution in [0.5, 0.6) is 0 Å². The van der Waals surface area contributed by atoms with Crippen LogP contribution in [0.4, 0.5) is 0 Å². The molecule has 1 fully saturated rings. The van der Waals surface area contributed by atoms with E-state index in [-0.39, 0.29) is 5.91 Å². The minimum Gasteiger partial charge on any atom is -0.340 e. The molecule has 2 rings (SSSR count). The maximum absolute atomic E-state index is 12.4. The second-order valence-electron chi connectivity index (χ2n) is 4.92. The number of halogens is 1. The van der Waals surface area contributed by atoms with Gasteiger partial charge in [0.25, 0.3) is 5.91 Å². The number of rotatable bonds is 3. The van der Waals surface area contributed by atoms with E-state index in [4.69, 9.17) is 0 Å². The van der Waals surface area contributed by atoms with Crippen molar-refractivity contribution >= 4 is 28.5 Å². The quantitative estimate of drug-likeness (QED) is 0.842. The molecule has 0 aromatic heterocycles. The van der Waals surface area contributed by atoms with Gasteiger partial charge in [0.15, 0.2) is 0 Å². The van der Waals surface area contributed by atoms with E-state index in [1.54, 1.807) is 0 Å². The zero-order valence-electron chi connectivity index (χ0n) is 10.9. The second-order valence-corrected chi connectivity index (χ2v) is 5.99. The van der Waals surface area contributed by atoms with E-state index in [1.807, 2.05) is 37.1 Å². The molecule has 4 heteroatoms. The molecular formula is C14H19IN2O. The second kappa shape index (κ2) is 6.02. The monoisotopic (exact) mass is 358 g/mol. The molecule has 18 heavy (non-hydrogen) atoms. The normalized spacial score (nSPS) is 18.9. The Morgan fingerprint density at radius 3 is 3.00 bits per heavy atom. The fourth-order valence-electron chi connectivity index (χ4n) is 2.34. The topological polar surface area (TPSA) is 32.3 Å². The predicted molar refractivity (Wildman–Crippen MR) is 81.9 cm³/mol. The number of hydrogen-bond acceptors (Lipinski definition) is 2. The van der Waals surface area contributed by atoms with E-state index in [2.05, 4.69) is 27.9 Å². The summed E-state index contributed by atoms with van der Waals surface area (Å²) in [6, 6.07) is 6.36. The molecule has 1 aromatic carbocycles. The first-order valence-corrected chi connectivity index (χ1v) is 7.41. The van der Waals surface area contributed by atoms with Gasteiger partial charge in [0.2, 0.25) is 0 Å². The van der Waals surface area contributed by atoms with Gasteiger partial charge in [0, 0.05) is 23.2 Å². The zero-order chi connectivity index (χ0) is 13.1. The number of benzene rings is 1. The van der Waals surface area contributed by atoms with Crippen LogP contribution in [-0.2, 0) is 0 Å². The van der Waals surface area contributed by atoms with E-state index in [1.165, 1.54) is 12.8 Å². The van der Waals surface area contributed by atoms with Gasteiger partial charge in [-0.1, -0.05) is 12.1 Å². The molecule has 1 unspecified atom stereocenters. The average molecular weight is 358 g/mol. The molecular weight excluding hydrogens is 339 g/mol. The molecule has 1 amide bonds. The van der Waals surface area contributed by atoms with Gasteiger partial charge in [-0.3, -0.25) is 4.79 Å². The van der Waals surface area contributed by atoms with Gasteiger partial charge < -0.3 is 10.2 Å². The molecule has 0 bridgehead atoms. The predicted octanol–water partition coefficient (Wildman–Crippen LogP) is 2.42. The lowest BCUT2D eigenvalue weighted by Gasteiger charge is -2.22. The van der Waals surface area contributed by atoms with Crippen molar-refractivity contribution < 1.29 is 4.79 Å². The maximum atomic E-state index is 12.4. The van der Waals surface area contributed by atoms with Crippen LogP contribution in [0.1, 0.15) is 28.8 Å². The number of hydrogen-bond donors (Lipinski definition) is 1. The number of carbonyl (C=O) groups excluding carboxylic acids is 1. The fraction of sp³-hybridized carbons (Fsp3) is 0.500. The smallest absolute Gasteiger partial charge is 0.254 e. The molecule has 1 aromatic rings. The lowest BCUT2D eigenvalue weighted by molar-refractivity contribution is 0.0782. The van der Waals surface area contributed by atoms with Crippen LogP contribution in [0.3, 0.4) is 0 Å². The Labute approximate surface area is 122 Å². The first kappa shape index (κ1) is 13.8. The van der Waals surface area contributed by atoms with E-state index < -0.39 is 0 Å². The molecule has 0 spiro atoms. The lowest BCUT2D eigenvalue weighted by Crippen LogP contribution is -2.38. The molecule has 1 aliphatic rings.